The Bertz CT molecular complexity index is 537. The number of aliphatic hydroxyl groups is 1. The Balaban J connectivity index is 2.04. The fourth-order valence-electron chi connectivity index (χ4n) is 1.65. The first-order valence-corrected chi connectivity index (χ1v) is 6.52. The molecule has 1 unspecified atom stereocenters. The lowest BCUT2D eigenvalue weighted by Crippen LogP contribution is -2.25. The predicted octanol–water partition coefficient (Wildman–Crippen LogP) is 2.61. The van der Waals surface area contributed by atoms with Gasteiger partial charge in [-0.25, -0.2) is 4.98 Å². The lowest BCUT2D eigenvalue weighted by Gasteiger charge is -2.16. The number of halogens is 2. The molecule has 0 aliphatic carbocycles. The Labute approximate surface area is 121 Å². The molecule has 6 heteroatoms. The zero-order valence-electron chi connectivity index (χ0n) is 10.1. The first-order chi connectivity index (χ1) is 9.20. The molecule has 0 radical (unpaired) electrons. The number of aromatic nitrogens is 2. The van der Waals surface area contributed by atoms with Gasteiger partial charge in [-0.1, -0.05) is 35.3 Å². The van der Waals surface area contributed by atoms with Gasteiger partial charge in [0.25, 0.3) is 0 Å². The van der Waals surface area contributed by atoms with E-state index in [4.69, 9.17) is 23.2 Å². The summed E-state index contributed by atoms with van der Waals surface area (Å²) in [5.41, 5.74) is 1.60. The molecule has 2 aromatic heterocycles. The molecule has 0 amide bonds. The first-order valence-electron chi connectivity index (χ1n) is 5.77. The van der Waals surface area contributed by atoms with E-state index in [-0.39, 0.29) is 12.6 Å². The van der Waals surface area contributed by atoms with Crippen molar-refractivity contribution < 1.29 is 5.11 Å². The summed E-state index contributed by atoms with van der Waals surface area (Å²) in [4.78, 5) is 8.17. The molecule has 2 N–H and O–H groups in total. The Morgan fingerprint density at radius 2 is 2.05 bits per heavy atom. The molecule has 0 saturated carbocycles. The fraction of sp³-hybridized carbons (Fsp3) is 0.231. The molecule has 2 aromatic rings. The molecule has 0 saturated heterocycles. The SMILES string of the molecule is OCC(NCc1ccc(Cl)nc1Cl)c1ccccn1. The summed E-state index contributed by atoms with van der Waals surface area (Å²) < 4.78 is 0. The van der Waals surface area contributed by atoms with E-state index < -0.39 is 0 Å². The van der Waals surface area contributed by atoms with Crippen LogP contribution in [-0.2, 0) is 6.54 Å². The number of hydrogen-bond acceptors (Lipinski definition) is 4. The third-order valence-corrected chi connectivity index (χ3v) is 3.20. The highest BCUT2D eigenvalue weighted by molar-refractivity contribution is 6.32. The van der Waals surface area contributed by atoms with Crippen molar-refractivity contribution in [1.29, 1.82) is 0 Å². The minimum absolute atomic E-state index is 0.0460. The van der Waals surface area contributed by atoms with Crippen LogP contribution in [-0.4, -0.2) is 21.7 Å². The summed E-state index contributed by atoms with van der Waals surface area (Å²) in [6.07, 6.45) is 1.69. The zero-order valence-corrected chi connectivity index (χ0v) is 11.6. The van der Waals surface area contributed by atoms with Crippen LogP contribution in [0, 0.1) is 0 Å². The molecular formula is C13H13Cl2N3O. The predicted molar refractivity (Wildman–Crippen MR) is 75.2 cm³/mol. The largest absolute Gasteiger partial charge is 0.394 e. The number of nitrogens with one attached hydrogen (secondary N) is 1. The summed E-state index contributed by atoms with van der Waals surface area (Å²) in [5.74, 6) is 0. The third-order valence-electron chi connectivity index (χ3n) is 2.66. The van der Waals surface area contributed by atoms with E-state index in [2.05, 4.69) is 15.3 Å². The maximum Gasteiger partial charge on any atom is 0.135 e. The third kappa shape index (κ3) is 3.88. The van der Waals surface area contributed by atoms with E-state index in [9.17, 15) is 5.11 Å². The summed E-state index contributed by atoms with van der Waals surface area (Å²) in [7, 11) is 0. The normalized spacial score (nSPS) is 12.4. The second kappa shape index (κ2) is 6.82. The minimum Gasteiger partial charge on any atom is -0.394 e. The van der Waals surface area contributed by atoms with E-state index in [0.717, 1.165) is 11.3 Å². The maximum atomic E-state index is 9.40. The van der Waals surface area contributed by atoms with E-state index in [1.54, 1.807) is 18.3 Å². The van der Waals surface area contributed by atoms with Crippen molar-refractivity contribution in [3.05, 3.63) is 58.1 Å². The molecule has 1 atom stereocenters. The van der Waals surface area contributed by atoms with Crippen LogP contribution in [0.3, 0.4) is 0 Å². The second-order valence-corrected chi connectivity index (χ2v) is 4.70. The fourth-order valence-corrected chi connectivity index (χ4v) is 2.06. The highest BCUT2D eigenvalue weighted by Crippen LogP contribution is 2.17. The first kappa shape index (κ1) is 14.2. The van der Waals surface area contributed by atoms with Crippen LogP contribution in [0.2, 0.25) is 10.3 Å². The second-order valence-electron chi connectivity index (χ2n) is 3.95. The van der Waals surface area contributed by atoms with Crippen molar-refractivity contribution in [3.8, 4) is 0 Å². The van der Waals surface area contributed by atoms with Crippen molar-refractivity contribution in [2.24, 2.45) is 0 Å². The van der Waals surface area contributed by atoms with Gasteiger partial charge in [-0.2, -0.15) is 0 Å². The molecule has 100 valence electrons. The number of pyridine rings is 2. The molecule has 0 aromatic carbocycles. The van der Waals surface area contributed by atoms with Gasteiger partial charge in [0.1, 0.15) is 10.3 Å². The lowest BCUT2D eigenvalue weighted by atomic mass is 10.2. The van der Waals surface area contributed by atoms with Gasteiger partial charge in [0.15, 0.2) is 0 Å². The maximum absolute atomic E-state index is 9.40. The highest BCUT2D eigenvalue weighted by atomic mass is 35.5. The highest BCUT2D eigenvalue weighted by Gasteiger charge is 2.12. The van der Waals surface area contributed by atoms with Crippen LogP contribution >= 0.6 is 23.2 Å². The summed E-state index contributed by atoms with van der Waals surface area (Å²) in [6, 6.07) is 8.81. The van der Waals surface area contributed by atoms with Crippen molar-refractivity contribution in [3.63, 3.8) is 0 Å². The molecular weight excluding hydrogens is 285 g/mol. The van der Waals surface area contributed by atoms with Gasteiger partial charge in [-0.3, -0.25) is 4.98 Å². The van der Waals surface area contributed by atoms with Crippen LogP contribution < -0.4 is 5.32 Å². The van der Waals surface area contributed by atoms with Crippen molar-refractivity contribution in [2.75, 3.05) is 6.61 Å². The van der Waals surface area contributed by atoms with Crippen LogP contribution in [0.1, 0.15) is 17.3 Å². The van der Waals surface area contributed by atoms with Crippen LogP contribution in [0.15, 0.2) is 36.5 Å². The van der Waals surface area contributed by atoms with Gasteiger partial charge in [0, 0.05) is 18.3 Å². The van der Waals surface area contributed by atoms with Gasteiger partial charge < -0.3 is 10.4 Å². The van der Waals surface area contributed by atoms with Crippen LogP contribution in [0.25, 0.3) is 0 Å². The quantitative estimate of drug-likeness (QED) is 0.833. The molecule has 2 heterocycles. The van der Waals surface area contributed by atoms with E-state index in [1.165, 1.54) is 0 Å². The monoisotopic (exact) mass is 297 g/mol. The zero-order chi connectivity index (χ0) is 13.7. The van der Waals surface area contributed by atoms with Gasteiger partial charge in [-0.05, 0) is 18.2 Å². The van der Waals surface area contributed by atoms with Crippen molar-refractivity contribution in [2.45, 2.75) is 12.6 Å². The van der Waals surface area contributed by atoms with Crippen molar-refractivity contribution in [1.82, 2.24) is 15.3 Å². The molecule has 0 bridgehead atoms. The number of hydrogen-bond donors (Lipinski definition) is 2. The lowest BCUT2D eigenvalue weighted by molar-refractivity contribution is 0.241. The van der Waals surface area contributed by atoms with E-state index in [0.29, 0.717) is 16.9 Å². The average Bonchev–Trinajstić information content (AvgIpc) is 2.43. The van der Waals surface area contributed by atoms with Gasteiger partial charge >= 0.3 is 0 Å². The van der Waals surface area contributed by atoms with Gasteiger partial charge in [0.2, 0.25) is 0 Å². The van der Waals surface area contributed by atoms with Gasteiger partial charge in [-0.15, -0.1) is 0 Å². The standard InChI is InChI=1S/C13H13Cl2N3O/c14-12-5-4-9(13(15)18-12)7-17-11(8-19)10-3-1-2-6-16-10/h1-6,11,17,19H,7-8H2. The molecule has 2 rings (SSSR count). The minimum atomic E-state index is -0.243. The van der Waals surface area contributed by atoms with Crippen LogP contribution in [0.5, 0.6) is 0 Å². The van der Waals surface area contributed by atoms with E-state index >= 15 is 0 Å². The van der Waals surface area contributed by atoms with Crippen LogP contribution in [0.4, 0.5) is 0 Å². The molecule has 0 fully saturated rings. The van der Waals surface area contributed by atoms with E-state index in [1.807, 2.05) is 18.2 Å². The summed E-state index contributed by atoms with van der Waals surface area (Å²) in [6.45, 7) is 0.431. The summed E-state index contributed by atoms with van der Waals surface area (Å²) in [5, 5.41) is 13.3. The Morgan fingerprint density at radius 1 is 1.21 bits per heavy atom. The Kier molecular flexibility index (Phi) is 5.10. The number of nitrogens with zero attached hydrogens (tertiary/aromatic N) is 2. The molecule has 4 nitrogen and oxygen atoms in total. The Morgan fingerprint density at radius 3 is 2.68 bits per heavy atom. The summed E-state index contributed by atoms with van der Waals surface area (Å²) >= 11 is 11.7. The molecule has 0 spiro atoms. The molecule has 19 heavy (non-hydrogen) atoms. The number of rotatable bonds is 5. The van der Waals surface area contributed by atoms with Crippen molar-refractivity contribution >= 4 is 23.2 Å². The number of aliphatic hydroxyl groups excluding tert-OH is 1. The average molecular weight is 298 g/mol. The molecule has 0 aliphatic rings. The molecule has 0 aliphatic heterocycles. The smallest absolute Gasteiger partial charge is 0.135 e. The Hall–Kier alpha value is -1.20. The van der Waals surface area contributed by atoms with Gasteiger partial charge in [0.05, 0.1) is 18.3 Å². The topological polar surface area (TPSA) is 58.0 Å².